The lowest BCUT2D eigenvalue weighted by molar-refractivity contribution is -0.150. The third-order valence-electron chi connectivity index (χ3n) is 4.44. The van der Waals surface area contributed by atoms with Crippen molar-refractivity contribution in [1.82, 2.24) is 9.80 Å². The number of carbonyl (C=O) groups excluding carboxylic acids is 1. The Morgan fingerprint density at radius 1 is 1.30 bits per heavy atom. The number of hydrogen-bond acceptors (Lipinski definition) is 2. The molecule has 0 aromatic carbocycles. The maximum absolute atomic E-state index is 12.6. The number of carboxylic acids is 1. The molecule has 1 fully saturated rings. The number of hydrogen-bond donors (Lipinski definition) is 1. The zero-order valence-electron chi connectivity index (χ0n) is 13.3. The second-order valence-electron chi connectivity index (χ2n) is 6.36. The van der Waals surface area contributed by atoms with Gasteiger partial charge in [-0.25, -0.2) is 4.79 Å². The molecule has 1 rings (SSSR count). The summed E-state index contributed by atoms with van der Waals surface area (Å²) in [6.07, 6.45) is 1.45. The van der Waals surface area contributed by atoms with Crippen molar-refractivity contribution < 1.29 is 14.7 Å². The fourth-order valence-electron chi connectivity index (χ4n) is 2.89. The van der Waals surface area contributed by atoms with E-state index in [1.54, 1.807) is 4.90 Å². The molecule has 2 amide bonds. The number of carboxylic acid groups (broad SMARTS) is 1. The second-order valence-corrected chi connectivity index (χ2v) is 6.36. The summed E-state index contributed by atoms with van der Waals surface area (Å²) in [7, 11) is 0. The lowest BCUT2D eigenvalue weighted by Gasteiger charge is -2.33. The van der Waals surface area contributed by atoms with Crippen LogP contribution < -0.4 is 0 Å². The quantitative estimate of drug-likeness (QED) is 0.844. The van der Waals surface area contributed by atoms with Gasteiger partial charge in [0.15, 0.2) is 0 Å². The maximum Gasteiger partial charge on any atom is 0.320 e. The van der Waals surface area contributed by atoms with Crippen LogP contribution in [0.5, 0.6) is 0 Å². The summed E-state index contributed by atoms with van der Waals surface area (Å²) in [4.78, 5) is 27.7. The fraction of sp³-hybridized carbons (Fsp3) is 0.867. The van der Waals surface area contributed by atoms with Crippen molar-refractivity contribution in [3.8, 4) is 0 Å². The molecule has 1 unspecified atom stereocenters. The molecule has 0 aliphatic carbocycles. The van der Waals surface area contributed by atoms with Crippen LogP contribution in [0.3, 0.4) is 0 Å². The van der Waals surface area contributed by atoms with E-state index in [9.17, 15) is 14.7 Å². The van der Waals surface area contributed by atoms with Gasteiger partial charge in [0.05, 0.1) is 5.41 Å². The summed E-state index contributed by atoms with van der Waals surface area (Å²) in [5.74, 6) is -0.758. The minimum atomic E-state index is -0.787. The largest absolute Gasteiger partial charge is 0.481 e. The van der Waals surface area contributed by atoms with Crippen molar-refractivity contribution in [1.29, 1.82) is 0 Å². The van der Waals surface area contributed by atoms with Crippen LogP contribution >= 0.6 is 0 Å². The predicted octanol–water partition coefficient (Wildman–Crippen LogP) is 2.66. The molecule has 0 aromatic rings. The standard InChI is InChI=1S/C15H28N2O3/c1-6-8-17(12(4)5)14(20)16-9-7-15(10-16,11(2)3)13(18)19/h11-12H,6-10H2,1-5H3,(H,18,19). The van der Waals surface area contributed by atoms with Crippen LogP contribution in [-0.2, 0) is 4.79 Å². The van der Waals surface area contributed by atoms with E-state index in [0.717, 1.165) is 13.0 Å². The van der Waals surface area contributed by atoms with Crippen LogP contribution in [0.1, 0.15) is 47.5 Å². The molecular formula is C15H28N2O3. The summed E-state index contributed by atoms with van der Waals surface area (Å²) in [6.45, 7) is 11.5. The molecular weight excluding hydrogens is 256 g/mol. The number of carbonyl (C=O) groups is 2. The molecule has 116 valence electrons. The lowest BCUT2D eigenvalue weighted by Crippen LogP contribution is -2.48. The van der Waals surface area contributed by atoms with Gasteiger partial charge in [-0.1, -0.05) is 20.8 Å². The highest BCUT2D eigenvalue weighted by Crippen LogP contribution is 2.38. The van der Waals surface area contributed by atoms with Crippen molar-refractivity contribution in [2.24, 2.45) is 11.3 Å². The first kappa shape index (κ1) is 16.8. The molecule has 0 bridgehead atoms. The molecule has 1 aliphatic heterocycles. The Morgan fingerprint density at radius 2 is 1.90 bits per heavy atom. The average Bonchev–Trinajstić information content (AvgIpc) is 2.81. The Labute approximate surface area is 121 Å². The third kappa shape index (κ3) is 3.07. The van der Waals surface area contributed by atoms with Crippen LogP contribution in [0.25, 0.3) is 0 Å². The van der Waals surface area contributed by atoms with E-state index in [1.165, 1.54) is 0 Å². The number of nitrogens with zero attached hydrogens (tertiary/aromatic N) is 2. The van der Waals surface area contributed by atoms with Crippen LogP contribution in [0, 0.1) is 11.3 Å². The van der Waals surface area contributed by atoms with Gasteiger partial charge >= 0.3 is 12.0 Å². The van der Waals surface area contributed by atoms with Gasteiger partial charge in [0.25, 0.3) is 0 Å². The lowest BCUT2D eigenvalue weighted by atomic mass is 9.76. The summed E-state index contributed by atoms with van der Waals surface area (Å²) in [6, 6.07) is 0.118. The molecule has 5 nitrogen and oxygen atoms in total. The molecule has 1 aliphatic rings. The van der Waals surface area contributed by atoms with Crippen LogP contribution in [0.15, 0.2) is 0 Å². The first-order chi connectivity index (χ1) is 9.26. The molecule has 1 heterocycles. The maximum atomic E-state index is 12.6. The van der Waals surface area contributed by atoms with Crippen molar-refractivity contribution in [2.45, 2.75) is 53.5 Å². The van der Waals surface area contributed by atoms with Gasteiger partial charge in [0.1, 0.15) is 0 Å². The zero-order valence-corrected chi connectivity index (χ0v) is 13.3. The van der Waals surface area contributed by atoms with E-state index in [4.69, 9.17) is 0 Å². The van der Waals surface area contributed by atoms with E-state index in [-0.39, 0.29) is 18.0 Å². The van der Waals surface area contributed by atoms with E-state index < -0.39 is 11.4 Å². The summed E-state index contributed by atoms with van der Waals surface area (Å²) >= 11 is 0. The Balaban J connectivity index is 2.85. The Kier molecular flexibility index (Phi) is 5.42. The average molecular weight is 284 g/mol. The van der Waals surface area contributed by atoms with Gasteiger partial charge < -0.3 is 14.9 Å². The van der Waals surface area contributed by atoms with E-state index in [2.05, 4.69) is 0 Å². The number of aliphatic carboxylic acids is 1. The van der Waals surface area contributed by atoms with Crippen LogP contribution in [-0.4, -0.2) is 52.6 Å². The van der Waals surface area contributed by atoms with Crippen LogP contribution in [0.4, 0.5) is 4.79 Å². The Morgan fingerprint density at radius 3 is 2.25 bits per heavy atom. The monoisotopic (exact) mass is 284 g/mol. The van der Waals surface area contributed by atoms with Crippen LogP contribution in [0.2, 0.25) is 0 Å². The predicted molar refractivity (Wildman–Crippen MR) is 78.6 cm³/mol. The smallest absolute Gasteiger partial charge is 0.320 e. The van der Waals surface area contributed by atoms with Crippen molar-refractivity contribution in [3.63, 3.8) is 0 Å². The highest BCUT2D eigenvalue weighted by atomic mass is 16.4. The summed E-state index contributed by atoms with van der Waals surface area (Å²) in [5.41, 5.74) is -0.787. The van der Waals surface area contributed by atoms with Gasteiger partial charge in [-0.05, 0) is 32.6 Å². The minimum Gasteiger partial charge on any atom is -0.481 e. The molecule has 5 heteroatoms. The van der Waals surface area contributed by atoms with E-state index >= 15 is 0 Å². The van der Waals surface area contributed by atoms with Gasteiger partial charge in [-0.3, -0.25) is 4.79 Å². The third-order valence-corrected chi connectivity index (χ3v) is 4.44. The van der Waals surface area contributed by atoms with Crippen molar-refractivity contribution in [2.75, 3.05) is 19.6 Å². The van der Waals surface area contributed by atoms with Gasteiger partial charge in [-0.2, -0.15) is 0 Å². The van der Waals surface area contributed by atoms with Crippen molar-refractivity contribution in [3.05, 3.63) is 0 Å². The molecule has 0 radical (unpaired) electrons. The number of amides is 2. The highest BCUT2D eigenvalue weighted by Gasteiger charge is 2.49. The van der Waals surface area contributed by atoms with Crippen molar-refractivity contribution >= 4 is 12.0 Å². The SMILES string of the molecule is CCCN(C(=O)N1CCC(C(=O)O)(C(C)C)C1)C(C)C. The van der Waals surface area contributed by atoms with Gasteiger partial charge in [-0.15, -0.1) is 0 Å². The Bertz CT molecular complexity index is 368. The first-order valence-electron chi connectivity index (χ1n) is 7.55. The molecule has 1 atom stereocenters. The molecule has 1 N–H and O–H groups in total. The molecule has 0 saturated carbocycles. The molecule has 1 saturated heterocycles. The summed E-state index contributed by atoms with van der Waals surface area (Å²) < 4.78 is 0. The second kappa shape index (κ2) is 6.46. The fourth-order valence-corrected chi connectivity index (χ4v) is 2.89. The van der Waals surface area contributed by atoms with Gasteiger partial charge in [0.2, 0.25) is 0 Å². The highest BCUT2D eigenvalue weighted by molar-refractivity contribution is 5.80. The van der Waals surface area contributed by atoms with E-state index in [0.29, 0.717) is 19.5 Å². The zero-order chi connectivity index (χ0) is 15.5. The number of rotatable bonds is 5. The summed E-state index contributed by atoms with van der Waals surface area (Å²) in [5, 5.41) is 9.53. The molecule has 20 heavy (non-hydrogen) atoms. The normalized spacial score (nSPS) is 22.6. The number of likely N-dealkylation sites (tertiary alicyclic amines) is 1. The first-order valence-corrected chi connectivity index (χ1v) is 7.55. The van der Waals surface area contributed by atoms with E-state index in [1.807, 2.05) is 39.5 Å². The molecule has 0 aromatic heterocycles. The van der Waals surface area contributed by atoms with Gasteiger partial charge in [0, 0.05) is 25.7 Å². The topological polar surface area (TPSA) is 60.9 Å². The Hall–Kier alpha value is -1.26. The molecule has 0 spiro atoms. The number of urea groups is 1. The minimum absolute atomic E-state index is 0.0226.